The summed E-state index contributed by atoms with van der Waals surface area (Å²) in [4.78, 5) is 11.3. The number of carbonyl (C=O) groups excluding carboxylic acids is 1. The van der Waals surface area contributed by atoms with Crippen molar-refractivity contribution in [2.24, 2.45) is 11.7 Å². The van der Waals surface area contributed by atoms with Crippen molar-refractivity contribution in [1.82, 2.24) is 4.72 Å². The summed E-state index contributed by atoms with van der Waals surface area (Å²) in [6.45, 7) is 0.311. The zero-order chi connectivity index (χ0) is 15.5. The molecular formula is C14H20N2O4S. The van der Waals surface area contributed by atoms with Gasteiger partial charge >= 0.3 is 5.97 Å². The van der Waals surface area contributed by atoms with Gasteiger partial charge in [-0.05, 0) is 36.5 Å². The monoisotopic (exact) mass is 312 g/mol. The number of benzene rings is 1. The first kappa shape index (κ1) is 15.9. The molecule has 1 aliphatic carbocycles. The van der Waals surface area contributed by atoms with E-state index >= 15 is 0 Å². The standard InChI is InChI=1S/C14H20N2O4S/c1-20-14(17)12-4-2-10(3-5-12)9-21(18,19)16-13(8-15)11-6-7-11/h2-5,11,13,16H,6-9,15H2,1H3. The molecule has 0 aromatic heterocycles. The van der Waals surface area contributed by atoms with Gasteiger partial charge < -0.3 is 10.5 Å². The number of sulfonamides is 1. The fraction of sp³-hybridized carbons (Fsp3) is 0.500. The van der Waals surface area contributed by atoms with Crippen LogP contribution in [0.1, 0.15) is 28.8 Å². The van der Waals surface area contributed by atoms with E-state index in [1.807, 2.05) is 0 Å². The van der Waals surface area contributed by atoms with Crippen LogP contribution >= 0.6 is 0 Å². The first-order valence-corrected chi connectivity index (χ1v) is 8.47. The Labute approximate surface area is 124 Å². The fourth-order valence-corrected chi connectivity index (χ4v) is 3.65. The van der Waals surface area contributed by atoms with E-state index in [2.05, 4.69) is 9.46 Å². The number of hydrogen-bond donors (Lipinski definition) is 2. The lowest BCUT2D eigenvalue weighted by Gasteiger charge is -2.16. The van der Waals surface area contributed by atoms with Crippen molar-refractivity contribution in [1.29, 1.82) is 0 Å². The minimum Gasteiger partial charge on any atom is -0.465 e. The maximum atomic E-state index is 12.1. The normalized spacial score (nSPS) is 16.5. The van der Waals surface area contributed by atoms with Crippen molar-refractivity contribution in [3.63, 3.8) is 0 Å². The molecule has 1 atom stereocenters. The van der Waals surface area contributed by atoms with E-state index in [1.54, 1.807) is 24.3 Å². The number of nitrogens with one attached hydrogen (secondary N) is 1. The lowest BCUT2D eigenvalue weighted by molar-refractivity contribution is 0.0600. The SMILES string of the molecule is COC(=O)c1ccc(CS(=O)(=O)NC(CN)C2CC2)cc1. The molecule has 7 heteroatoms. The first-order valence-electron chi connectivity index (χ1n) is 6.82. The Kier molecular flexibility index (Phi) is 4.97. The van der Waals surface area contributed by atoms with Gasteiger partial charge in [-0.2, -0.15) is 0 Å². The molecule has 1 saturated carbocycles. The molecule has 0 radical (unpaired) electrons. The van der Waals surface area contributed by atoms with E-state index in [4.69, 9.17) is 5.73 Å². The number of hydrogen-bond acceptors (Lipinski definition) is 5. The highest BCUT2D eigenvalue weighted by molar-refractivity contribution is 7.88. The van der Waals surface area contributed by atoms with Gasteiger partial charge in [0.25, 0.3) is 0 Å². The number of methoxy groups -OCH3 is 1. The van der Waals surface area contributed by atoms with Crippen LogP contribution in [0.25, 0.3) is 0 Å². The quantitative estimate of drug-likeness (QED) is 0.720. The summed E-state index contributed by atoms with van der Waals surface area (Å²) in [6.07, 6.45) is 2.05. The van der Waals surface area contributed by atoms with E-state index in [9.17, 15) is 13.2 Å². The zero-order valence-corrected chi connectivity index (χ0v) is 12.7. The Hall–Kier alpha value is -1.44. The maximum Gasteiger partial charge on any atom is 0.337 e. The van der Waals surface area contributed by atoms with Crippen LogP contribution in [0.2, 0.25) is 0 Å². The summed E-state index contributed by atoms with van der Waals surface area (Å²) in [5.74, 6) is -0.205. The molecule has 3 N–H and O–H groups in total. The molecule has 0 bridgehead atoms. The second-order valence-electron chi connectivity index (χ2n) is 5.25. The molecule has 1 fully saturated rings. The van der Waals surface area contributed by atoms with Crippen LogP contribution in [0.4, 0.5) is 0 Å². The summed E-state index contributed by atoms with van der Waals surface area (Å²) in [5.41, 5.74) is 6.61. The number of nitrogens with two attached hydrogens (primary N) is 1. The molecular weight excluding hydrogens is 292 g/mol. The number of carbonyl (C=O) groups is 1. The van der Waals surface area contributed by atoms with Crippen LogP contribution in [-0.2, 0) is 20.5 Å². The molecule has 116 valence electrons. The smallest absolute Gasteiger partial charge is 0.337 e. The predicted molar refractivity (Wildman–Crippen MR) is 79.1 cm³/mol. The molecule has 0 saturated heterocycles. The van der Waals surface area contributed by atoms with Crippen LogP contribution in [0.3, 0.4) is 0 Å². The van der Waals surface area contributed by atoms with Gasteiger partial charge in [0.1, 0.15) is 0 Å². The van der Waals surface area contributed by atoms with Crippen molar-refractivity contribution in [2.45, 2.75) is 24.6 Å². The largest absolute Gasteiger partial charge is 0.465 e. The average molecular weight is 312 g/mol. The maximum absolute atomic E-state index is 12.1. The Morgan fingerprint density at radius 2 is 2.00 bits per heavy atom. The van der Waals surface area contributed by atoms with Crippen molar-refractivity contribution >= 4 is 16.0 Å². The average Bonchev–Trinajstić information content (AvgIpc) is 3.29. The Balaban J connectivity index is 2.00. The topological polar surface area (TPSA) is 98.5 Å². The van der Waals surface area contributed by atoms with Gasteiger partial charge in [-0.1, -0.05) is 12.1 Å². The van der Waals surface area contributed by atoms with Gasteiger partial charge in [-0.3, -0.25) is 0 Å². The minimum atomic E-state index is -3.44. The number of ether oxygens (including phenoxy) is 1. The molecule has 0 spiro atoms. The van der Waals surface area contributed by atoms with E-state index in [0.29, 0.717) is 23.6 Å². The molecule has 21 heavy (non-hydrogen) atoms. The van der Waals surface area contributed by atoms with Crippen molar-refractivity contribution in [3.8, 4) is 0 Å². The molecule has 1 unspecified atom stereocenters. The summed E-state index contributed by atoms with van der Waals surface area (Å²) in [5, 5.41) is 0. The van der Waals surface area contributed by atoms with Gasteiger partial charge in [0.2, 0.25) is 10.0 Å². The van der Waals surface area contributed by atoms with E-state index in [1.165, 1.54) is 7.11 Å². The Morgan fingerprint density at radius 1 is 1.38 bits per heavy atom. The summed E-state index contributed by atoms with van der Waals surface area (Å²) in [7, 11) is -2.13. The molecule has 1 aromatic rings. The number of esters is 1. The summed E-state index contributed by atoms with van der Waals surface area (Å²) in [6, 6.07) is 6.15. The molecule has 0 heterocycles. The van der Waals surface area contributed by atoms with Gasteiger partial charge in [0.05, 0.1) is 18.4 Å². The van der Waals surface area contributed by atoms with Crippen LogP contribution < -0.4 is 10.5 Å². The summed E-state index contributed by atoms with van der Waals surface area (Å²) >= 11 is 0. The van der Waals surface area contributed by atoms with E-state index in [0.717, 1.165) is 12.8 Å². The molecule has 1 aromatic carbocycles. The molecule has 1 aliphatic rings. The lowest BCUT2D eigenvalue weighted by Crippen LogP contribution is -2.42. The van der Waals surface area contributed by atoms with Gasteiger partial charge in [-0.25, -0.2) is 17.9 Å². The molecule has 0 aliphatic heterocycles. The van der Waals surface area contributed by atoms with Crippen LogP contribution in [0.15, 0.2) is 24.3 Å². The zero-order valence-electron chi connectivity index (χ0n) is 11.9. The Bertz CT molecular complexity index is 594. The highest BCUT2D eigenvalue weighted by Crippen LogP contribution is 2.32. The third-order valence-electron chi connectivity index (χ3n) is 3.51. The third-order valence-corrected chi connectivity index (χ3v) is 4.88. The molecule has 6 nitrogen and oxygen atoms in total. The van der Waals surface area contributed by atoms with Crippen molar-refractivity contribution in [3.05, 3.63) is 35.4 Å². The summed E-state index contributed by atoms with van der Waals surface area (Å²) < 4.78 is 31.5. The highest BCUT2D eigenvalue weighted by Gasteiger charge is 2.32. The third kappa shape index (κ3) is 4.52. The number of rotatable bonds is 7. The Morgan fingerprint density at radius 3 is 2.48 bits per heavy atom. The van der Waals surface area contributed by atoms with Gasteiger partial charge in [0.15, 0.2) is 0 Å². The highest BCUT2D eigenvalue weighted by atomic mass is 32.2. The second-order valence-corrected chi connectivity index (χ2v) is 7.00. The lowest BCUT2D eigenvalue weighted by atomic mass is 10.1. The van der Waals surface area contributed by atoms with Gasteiger partial charge in [0, 0.05) is 12.6 Å². The first-order chi connectivity index (χ1) is 9.95. The fourth-order valence-electron chi connectivity index (χ4n) is 2.18. The molecule has 0 amide bonds. The second kappa shape index (κ2) is 6.55. The van der Waals surface area contributed by atoms with E-state index in [-0.39, 0.29) is 11.8 Å². The minimum absolute atomic E-state index is 0.127. The molecule has 2 rings (SSSR count). The van der Waals surface area contributed by atoms with Crippen molar-refractivity contribution < 1.29 is 17.9 Å². The van der Waals surface area contributed by atoms with E-state index < -0.39 is 16.0 Å². The van der Waals surface area contributed by atoms with Crippen LogP contribution in [0, 0.1) is 5.92 Å². The van der Waals surface area contributed by atoms with Crippen LogP contribution in [0.5, 0.6) is 0 Å². The van der Waals surface area contributed by atoms with Crippen LogP contribution in [-0.4, -0.2) is 34.1 Å². The van der Waals surface area contributed by atoms with Crippen molar-refractivity contribution in [2.75, 3.05) is 13.7 Å². The predicted octanol–water partition coefficient (Wildman–Crippen LogP) is 0.630. The van der Waals surface area contributed by atoms with Gasteiger partial charge in [-0.15, -0.1) is 0 Å².